The Morgan fingerprint density at radius 1 is 1.58 bits per heavy atom. The van der Waals surface area contributed by atoms with E-state index < -0.39 is 0 Å². The highest BCUT2D eigenvalue weighted by molar-refractivity contribution is 7.99. The number of nitrogens with zero attached hydrogens (tertiary/aromatic N) is 2. The van der Waals surface area contributed by atoms with Crippen molar-refractivity contribution in [2.45, 2.75) is 5.16 Å². The summed E-state index contributed by atoms with van der Waals surface area (Å²) < 4.78 is 4.82. The lowest BCUT2D eigenvalue weighted by Gasteiger charge is -2.03. The quantitative estimate of drug-likeness (QED) is 0.374. The van der Waals surface area contributed by atoms with E-state index in [-0.39, 0.29) is 17.2 Å². The van der Waals surface area contributed by atoms with Gasteiger partial charge in [-0.1, -0.05) is 11.8 Å². The first-order chi connectivity index (χ1) is 9.20. The van der Waals surface area contributed by atoms with Gasteiger partial charge in [-0.15, -0.1) is 0 Å². The number of H-pyrrole nitrogens is 2. The van der Waals surface area contributed by atoms with Crippen molar-refractivity contribution in [2.24, 2.45) is 0 Å². The zero-order valence-electron chi connectivity index (χ0n) is 10.2. The molecule has 0 atom stereocenters. The van der Waals surface area contributed by atoms with Crippen molar-refractivity contribution >= 4 is 28.7 Å². The van der Waals surface area contributed by atoms with Gasteiger partial charge in [-0.3, -0.25) is 14.7 Å². The average molecular weight is 283 g/mol. The standard InChI is InChI=1S/C10H13N5O3S/c1-18-3-2-11-7(16)5-19-10-13-8-6(4-12-15-8)9(17)14-10/h4H,2-3,5H2,1H3,(H,11,16)(H2,12,13,14,15,17). The molecule has 102 valence electrons. The van der Waals surface area contributed by atoms with Crippen LogP contribution in [0.3, 0.4) is 0 Å². The molecule has 0 aliphatic carbocycles. The van der Waals surface area contributed by atoms with Crippen LogP contribution in [0.15, 0.2) is 16.1 Å². The lowest BCUT2D eigenvalue weighted by Crippen LogP contribution is -2.28. The number of carbonyl (C=O) groups excluding carboxylic acids is 1. The lowest BCUT2D eigenvalue weighted by atomic mass is 10.4. The van der Waals surface area contributed by atoms with Gasteiger partial charge in [-0.25, -0.2) is 4.98 Å². The largest absolute Gasteiger partial charge is 0.383 e. The monoisotopic (exact) mass is 283 g/mol. The zero-order valence-corrected chi connectivity index (χ0v) is 11.0. The van der Waals surface area contributed by atoms with Crippen LogP contribution < -0.4 is 10.9 Å². The van der Waals surface area contributed by atoms with E-state index in [9.17, 15) is 9.59 Å². The van der Waals surface area contributed by atoms with Gasteiger partial charge < -0.3 is 15.0 Å². The van der Waals surface area contributed by atoms with Gasteiger partial charge in [0.15, 0.2) is 10.8 Å². The number of ether oxygens (including phenoxy) is 1. The predicted octanol–water partition coefficient (Wildman–Crippen LogP) is -0.499. The first-order valence-electron chi connectivity index (χ1n) is 5.52. The number of fused-ring (bicyclic) bond motifs is 1. The average Bonchev–Trinajstić information content (AvgIpc) is 2.85. The Bertz CT molecular complexity index is 623. The Morgan fingerprint density at radius 2 is 2.42 bits per heavy atom. The molecule has 2 heterocycles. The third-order valence-corrected chi connectivity index (χ3v) is 3.14. The molecule has 2 aromatic rings. The molecule has 0 spiro atoms. The summed E-state index contributed by atoms with van der Waals surface area (Å²) in [7, 11) is 1.56. The SMILES string of the molecule is COCCNC(=O)CSc1nc2[nH]ncc2c(=O)[nH]1. The van der Waals surface area contributed by atoms with Gasteiger partial charge in [0.25, 0.3) is 5.56 Å². The molecule has 0 aromatic carbocycles. The van der Waals surface area contributed by atoms with Crippen LogP contribution in [-0.2, 0) is 9.53 Å². The minimum atomic E-state index is -0.277. The van der Waals surface area contributed by atoms with E-state index >= 15 is 0 Å². The number of carbonyl (C=O) groups is 1. The van der Waals surface area contributed by atoms with Crippen LogP contribution >= 0.6 is 11.8 Å². The number of aromatic nitrogens is 4. The van der Waals surface area contributed by atoms with Gasteiger partial charge in [0.2, 0.25) is 5.91 Å². The van der Waals surface area contributed by atoms with Crippen LogP contribution in [0.4, 0.5) is 0 Å². The summed E-state index contributed by atoms with van der Waals surface area (Å²) in [6, 6.07) is 0. The molecule has 0 aliphatic heterocycles. The molecule has 0 fully saturated rings. The number of hydrogen-bond donors (Lipinski definition) is 3. The maximum absolute atomic E-state index is 11.6. The molecular formula is C10H13N5O3S. The number of thioether (sulfide) groups is 1. The molecule has 0 unspecified atom stereocenters. The second kappa shape index (κ2) is 6.34. The molecule has 8 nitrogen and oxygen atoms in total. The van der Waals surface area contributed by atoms with Gasteiger partial charge in [-0.2, -0.15) is 5.10 Å². The van der Waals surface area contributed by atoms with Crippen molar-refractivity contribution in [3.63, 3.8) is 0 Å². The fraction of sp³-hybridized carbons (Fsp3) is 0.400. The Morgan fingerprint density at radius 3 is 3.21 bits per heavy atom. The van der Waals surface area contributed by atoms with E-state index in [1.54, 1.807) is 7.11 Å². The normalized spacial score (nSPS) is 10.8. The van der Waals surface area contributed by atoms with Crippen molar-refractivity contribution in [2.75, 3.05) is 26.0 Å². The number of nitrogens with one attached hydrogen (secondary N) is 3. The molecular weight excluding hydrogens is 270 g/mol. The molecule has 0 bridgehead atoms. The predicted molar refractivity (Wildman–Crippen MR) is 70.1 cm³/mol. The summed E-state index contributed by atoms with van der Waals surface area (Å²) in [5.41, 5.74) is 0.132. The summed E-state index contributed by atoms with van der Waals surface area (Å²) >= 11 is 1.15. The Kier molecular flexibility index (Phi) is 4.53. The minimum Gasteiger partial charge on any atom is -0.383 e. The molecule has 0 aliphatic rings. The van der Waals surface area contributed by atoms with Crippen molar-refractivity contribution < 1.29 is 9.53 Å². The van der Waals surface area contributed by atoms with Gasteiger partial charge in [0.1, 0.15) is 5.39 Å². The number of aromatic amines is 2. The van der Waals surface area contributed by atoms with E-state index in [1.165, 1.54) is 6.20 Å². The Labute approximate surface area is 112 Å². The molecule has 1 amide bonds. The third-order valence-electron chi connectivity index (χ3n) is 2.27. The molecule has 2 rings (SSSR count). The molecule has 19 heavy (non-hydrogen) atoms. The fourth-order valence-corrected chi connectivity index (χ4v) is 2.06. The second-order valence-electron chi connectivity index (χ2n) is 3.63. The van der Waals surface area contributed by atoms with E-state index in [1.807, 2.05) is 0 Å². The van der Waals surface area contributed by atoms with Crippen LogP contribution in [0.5, 0.6) is 0 Å². The van der Waals surface area contributed by atoms with Gasteiger partial charge in [0.05, 0.1) is 18.6 Å². The zero-order chi connectivity index (χ0) is 13.7. The van der Waals surface area contributed by atoms with Crippen LogP contribution in [0, 0.1) is 0 Å². The van der Waals surface area contributed by atoms with E-state index in [2.05, 4.69) is 25.5 Å². The summed E-state index contributed by atoms with van der Waals surface area (Å²) in [4.78, 5) is 29.8. The Hall–Kier alpha value is -1.87. The number of amides is 1. The van der Waals surface area contributed by atoms with Gasteiger partial charge in [-0.05, 0) is 0 Å². The maximum Gasteiger partial charge on any atom is 0.262 e. The van der Waals surface area contributed by atoms with Crippen LogP contribution in [0.1, 0.15) is 0 Å². The Balaban J connectivity index is 1.94. The van der Waals surface area contributed by atoms with E-state index in [0.717, 1.165) is 11.8 Å². The first-order valence-corrected chi connectivity index (χ1v) is 6.51. The molecule has 3 N–H and O–H groups in total. The summed E-state index contributed by atoms with van der Waals surface area (Å²) in [6.07, 6.45) is 1.41. The van der Waals surface area contributed by atoms with Crippen molar-refractivity contribution in [3.05, 3.63) is 16.6 Å². The highest BCUT2D eigenvalue weighted by atomic mass is 32.2. The lowest BCUT2D eigenvalue weighted by molar-refractivity contribution is -0.118. The molecule has 9 heteroatoms. The number of rotatable bonds is 6. The number of hydrogen-bond acceptors (Lipinski definition) is 6. The molecule has 0 saturated heterocycles. The summed E-state index contributed by atoms with van der Waals surface area (Å²) in [6.45, 7) is 0.922. The summed E-state index contributed by atoms with van der Waals surface area (Å²) in [5.74, 6) is 0.0288. The van der Waals surface area contributed by atoms with Crippen LogP contribution in [0.2, 0.25) is 0 Å². The molecule has 0 radical (unpaired) electrons. The van der Waals surface area contributed by atoms with E-state index in [0.29, 0.717) is 29.3 Å². The van der Waals surface area contributed by atoms with E-state index in [4.69, 9.17) is 4.74 Å². The molecule has 0 saturated carbocycles. The topological polar surface area (TPSA) is 113 Å². The number of methoxy groups -OCH3 is 1. The van der Waals surface area contributed by atoms with Crippen molar-refractivity contribution in [3.8, 4) is 0 Å². The molecule has 2 aromatic heterocycles. The highest BCUT2D eigenvalue weighted by Gasteiger charge is 2.08. The third kappa shape index (κ3) is 3.55. The second-order valence-corrected chi connectivity index (χ2v) is 4.60. The fourth-order valence-electron chi connectivity index (χ4n) is 1.37. The van der Waals surface area contributed by atoms with Gasteiger partial charge >= 0.3 is 0 Å². The van der Waals surface area contributed by atoms with Crippen LogP contribution in [-0.4, -0.2) is 52.1 Å². The van der Waals surface area contributed by atoms with Crippen LogP contribution in [0.25, 0.3) is 11.0 Å². The first kappa shape index (κ1) is 13.6. The maximum atomic E-state index is 11.6. The smallest absolute Gasteiger partial charge is 0.262 e. The van der Waals surface area contributed by atoms with Crippen molar-refractivity contribution in [1.82, 2.24) is 25.5 Å². The van der Waals surface area contributed by atoms with Crippen molar-refractivity contribution in [1.29, 1.82) is 0 Å². The van der Waals surface area contributed by atoms with Gasteiger partial charge in [0, 0.05) is 13.7 Å². The summed E-state index contributed by atoms with van der Waals surface area (Å²) in [5, 5.41) is 9.81. The highest BCUT2D eigenvalue weighted by Crippen LogP contribution is 2.12. The minimum absolute atomic E-state index is 0.144.